The van der Waals surface area contributed by atoms with E-state index in [9.17, 15) is 19.5 Å². The Balaban J connectivity index is 1.83. The first kappa shape index (κ1) is 14.2. The van der Waals surface area contributed by atoms with E-state index in [1.807, 2.05) is 0 Å². The maximum absolute atomic E-state index is 11.8. The summed E-state index contributed by atoms with van der Waals surface area (Å²) < 4.78 is 0. The van der Waals surface area contributed by atoms with Crippen molar-refractivity contribution in [3.63, 3.8) is 0 Å². The molecule has 1 heterocycles. The van der Waals surface area contributed by atoms with Gasteiger partial charge in [0.25, 0.3) is 5.24 Å². The number of rotatable bonds is 6. The quantitative estimate of drug-likeness (QED) is 0.758. The van der Waals surface area contributed by atoms with E-state index < -0.39 is 11.5 Å². The first-order valence-electron chi connectivity index (χ1n) is 6.39. The second-order valence-corrected chi connectivity index (χ2v) is 6.23. The smallest absolute Gasteiger partial charge is 0.329 e. The predicted octanol–water partition coefficient (Wildman–Crippen LogP) is 0.915. The van der Waals surface area contributed by atoms with Crippen molar-refractivity contribution in [1.29, 1.82) is 0 Å². The average molecular weight is 286 g/mol. The minimum Gasteiger partial charge on any atom is -0.480 e. The van der Waals surface area contributed by atoms with Crippen LogP contribution < -0.4 is 5.32 Å². The molecule has 106 valence electrons. The standard InChI is InChI=1S/C12H18N2O4S/c1-12(10(16)17,8-2-3-8)13-9(15)4-5-14-6-7-19-11(14)18/h8H,2-7H2,1H3,(H,13,15)(H,16,17). The van der Waals surface area contributed by atoms with Crippen LogP contribution in [-0.2, 0) is 9.59 Å². The summed E-state index contributed by atoms with van der Waals surface area (Å²) in [6.07, 6.45) is 1.83. The van der Waals surface area contributed by atoms with Gasteiger partial charge in [-0.1, -0.05) is 11.8 Å². The Morgan fingerprint density at radius 3 is 2.68 bits per heavy atom. The van der Waals surface area contributed by atoms with Crippen LogP contribution >= 0.6 is 11.8 Å². The van der Waals surface area contributed by atoms with Crippen molar-refractivity contribution in [3.05, 3.63) is 0 Å². The molecule has 7 heteroatoms. The molecule has 0 bridgehead atoms. The van der Waals surface area contributed by atoms with Crippen LogP contribution in [0.1, 0.15) is 26.2 Å². The first-order chi connectivity index (χ1) is 8.93. The molecule has 2 aliphatic rings. The largest absolute Gasteiger partial charge is 0.480 e. The van der Waals surface area contributed by atoms with Crippen LogP contribution in [0.25, 0.3) is 0 Å². The topological polar surface area (TPSA) is 86.7 Å². The SMILES string of the molecule is CC(NC(=O)CCN1CCSC1=O)(C(=O)O)C1CC1. The van der Waals surface area contributed by atoms with Gasteiger partial charge >= 0.3 is 5.97 Å². The summed E-state index contributed by atoms with van der Waals surface area (Å²) in [7, 11) is 0. The molecule has 0 spiro atoms. The van der Waals surface area contributed by atoms with Crippen LogP contribution in [0.15, 0.2) is 0 Å². The molecule has 2 N–H and O–H groups in total. The van der Waals surface area contributed by atoms with E-state index in [0.717, 1.165) is 18.6 Å². The van der Waals surface area contributed by atoms with Crippen LogP contribution in [0, 0.1) is 5.92 Å². The van der Waals surface area contributed by atoms with Crippen molar-refractivity contribution in [2.45, 2.75) is 31.7 Å². The zero-order valence-corrected chi connectivity index (χ0v) is 11.7. The Morgan fingerprint density at radius 2 is 2.21 bits per heavy atom. The van der Waals surface area contributed by atoms with Crippen molar-refractivity contribution in [2.24, 2.45) is 5.92 Å². The minimum atomic E-state index is -1.17. The summed E-state index contributed by atoms with van der Waals surface area (Å²) in [5.74, 6) is -0.509. The molecule has 2 amide bonds. The van der Waals surface area contributed by atoms with E-state index in [1.54, 1.807) is 11.8 Å². The summed E-state index contributed by atoms with van der Waals surface area (Å²) in [4.78, 5) is 36.1. The molecule has 0 aromatic carbocycles. The average Bonchev–Trinajstić information content (AvgIpc) is 3.11. The van der Waals surface area contributed by atoms with Crippen LogP contribution in [0.4, 0.5) is 4.79 Å². The fourth-order valence-electron chi connectivity index (χ4n) is 2.21. The number of nitrogens with zero attached hydrogens (tertiary/aromatic N) is 1. The van der Waals surface area contributed by atoms with Gasteiger partial charge in [-0.05, 0) is 25.7 Å². The number of carbonyl (C=O) groups excluding carboxylic acids is 2. The lowest BCUT2D eigenvalue weighted by Crippen LogP contribution is -2.54. The summed E-state index contributed by atoms with van der Waals surface area (Å²) in [6.45, 7) is 2.58. The molecule has 0 radical (unpaired) electrons. The molecule has 19 heavy (non-hydrogen) atoms. The second kappa shape index (κ2) is 5.40. The Labute approximate surface area is 115 Å². The summed E-state index contributed by atoms with van der Waals surface area (Å²) >= 11 is 1.25. The molecule has 1 unspecified atom stereocenters. The molecule has 0 aromatic heterocycles. The highest BCUT2D eigenvalue weighted by molar-refractivity contribution is 8.13. The van der Waals surface area contributed by atoms with Crippen LogP contribution in [0.2, 0.25) is 0 Å². The third kappa shape index (κ3) is 3.20. The van der Waals surface area contributed by atoms with Crippen LogP contribution in [-0.4, -0.2) is 51.5 Å². The molecule has 1 saturated heterocycles. The number of amides is 2. The molecular weight excluding hydrogens is 268 g/mol. The van der Waals surface area contributed by atoms with E-state index in [-0.39, 0.29) is 23.5 Å². The Bertz CT molecular complexity index is 411. The van der Waals surface area contributed by atoms with Crippen molar-refractivity contribution in [2.75, 3.05) is 18.8 Å². The van der Waals surface area contributed by atoms with E-state index in [0.29, 0.717) is 13.1 Å². The monoisotopic (exact) mass is 286 g/mol. The highest BCUT2D eigenvalue weighted by Crippen LogP contribution is 2.39. The predicted molar refractivity (Wildman–Crippen MR) is 71.0 cm³/mol. The zero-order valence-electron chi connectivity index (χ0n) is 10.8. The number of carboxylic acids is 1. The summed E-state index contributed by atoms with van der Waals surface area (Å²) in [6, 6.07) is 0. The Morgan fingerprint density at radius 1 is 1.53 bits per heavy atom. The molecule has 2 fully saturated rings. The molecular formula is C12H18N2O4S. The fraction of sp³-hybridized carbons (Fsp3) is 0.750. The lowest BCUT2D eigenvalue weighted by atomic mass is 9.96. The third-order valence-corrected chi connectivity index (χ3v) is 4.58. The Hall–Kier alpha value is -1.24. The van der Waals surface area contributed by atoms with Gasteiger partial charge in [0.05, 0.1) is 0 Å². The van der Waals surface area contributed by atoms with Gasteiger partial charge in [0, 0.05) is 25.3 Å². The Kier molecular flexibility index (Phi) is 4.03. The van der Waals surface area contributed by atoms with Crippen LogP contribution in [0.5, 0.6) is 0 Å². The molecule has 6 nitrogen and oxygen atoms in total. The van der Waals surface area contributed by atoms with Gasteiger partial charge in [-0.2, -0.15) is 0 Å². The number of aliphatic carboxylic acids is 1. The number of thioether (sulfide) groups is 1. The van der Waals surface area contributed by atoms with E-state index in [2.05, 4.69) is 5.32 Å². The van der Waals surface area contributed by atoms with E-state index in [1.165, 1.54) is 11.8 Å². The number of hydrogen-bond acceptors (Lipinski definition) is 4. The minimum absolute atomic E-state index is 0.00371. The van der Waals surface area contributed by atoms with Crippen molar-refractivity contribution < 1.29 is 19.5 Å². The number of nitrogens with one attached hydrogen (secondary N) is 1. The van der Waals surface area contributed by atoms with Crippen molar-refractivity contribution in [1.82, 2.24) is 10.2 Å². The summed E-state index contributed by atoms with van der Waals surface area (Å²) in [5.41, 5.74) is -1.17. The maximum Gasteiger partial charge on any atom is 0.329 e. The zero-order chi connectivity index (χ0) is 14.0. The fourth-order valence-corrected chi connectivity index (χ4v) is 3.06. The van der Waals surface area contributed by atoms with Gasteiger partial charge in [0.1, 0.15) is 5.54 Å². The first-order valence-corrected chi connectivity index (χ1v) is 7.38. The molecule has 1 aliphatic heterocycles. The van der Waals surface area contributed by atoms with E-state index in [4.69, 9.17) is 0 Å². The molecule has 1 atom stereocenters. The lowest BCUT2D eigenvalue weighted by molar-refractivity contribution is -0.147. The lowest BCUT2D eigenvalue weighted by Gasteiger charge is -2.26. The number of carboxylic acid groups (broad SMARTS) is 1. The van der Waals surface area contributed by atoms with Crippen LogP contribution in [0.3, 0.4) is 0 Å². The van der Waals surface area contributed by atoms with Crippen molar-refractivity contribution in [3.8, 4) is 0 Å². The van der Waals surface area contributed by atoms with E-state index >= 15 is 0 Å². The molecule has 2 rings (SSSR count). The van der Waals surface area contributed by atoms with Crippen molar-refractivity contribution >= 4 is 28.9 Å². The summed E-state index contributed by atoms with van der Waals surface area (Å²) in [5, 5.41) is 11.8. The number of carbonyl (C=O) groups is 3. The molecule has 1 aliphatic carbocycles. The normalized spacial score (nSPS) is 22.2. The highest BCUT2D eigenvalue weighted by atomic mass is 32.2. The molecule has 0 aromatic rings. The molecule has 1 saturated carbocycles. The van der Waals surface area contributed by atoms with Gasteiger partial charge in [-0.15, -0.1) is 0 Å². The second-order valence-electron chi connectivity index (χ2n) is 5.18. The number of hydrogen-bond donors (Lipinski definition) is 2. The van der Waals surface area contributed by atoms with Gasteiger partial charge in [-0.25, -0.2) is 4.79 Å². The highest BCUT2D eigenvalue weighted by Gasteiger charge is 2.48. The van der Waals surface area contributed by atoms with Gasteiger partial charge < -0.3 is 15.3 Å². The maximum atomic E-state index is 11.8. The van der Waals surface area contributed by atoms with Gasteiger partial charge in [-0.3, -0.25) is 9.59 Å². The van der Waals surface area contributed by atoms with Gasteiger partial charge in [0.2, 0.25) is 5.91 Å². The van der Waals surface area contributed by atoms with Gasteiger partial charge in [0.15, 0.2) is 0 Å². The third-order valence-electron chi connectivity index (χ3n) is 3.69.